The standard InChI is InChI=1S/C15H13F3N2O/c16-10-6-11(17)14(12(18)7-10)15(21)20-13(8-19)9-4-2-1-3-5-9/h1-7,13H,8,19H2,(H,20,21). The van der Waals surface area contributed by atoms with Crippen LogP contribution in [0.15, 0.2) is 42.5 Å². The first-order valence-corrected chi connectivity index (χ1v) is 6.23. The first-order chi connectivity index (χ1) is 10.0. The van der Waals surface area contributed by atoms with Crippen LogP contribution in [0.3, 0.4) is 0 Å². The summed E-state index contributed by atoms with van der Waals surface area (Å²) in [5.74, 6) is -4.58. The van der Waals surface area contributed by atoms with Gasteiger partial charge in [0.15, 0.2) is 0 Å². The van der Waals surface area contributed by atoms with Gasteiger partial charge in [-0.1, -0.05) is 30.3 Å². The molecular formula is C15H13F3N2O. The van der Waals surface area contributed by atoms with E-state index in [1.165, 1.54) is 0 Å². The van der Waals surface area contributed by atoms with Crippen molar-refractivity contribution in [1.82, 2.24) is 5.32 Å². The lowest BCUT2D eigenvalue weighted by atomic mass is 10.1. The van der Waals surface area contributed by atoms with Crippen molar-refractivity contribution in [3.63, 3.8) is 0 Å². The van der Waals surface area contributed by atoms with Crippen molar-refractivity contribution in [3.8, 4) is 0 Å². The molecule has 2 aromatic carbocycles. The third-order valence-electron chi connectivity index (χ3n) is 2.98. The van der Waals surface area contributed by atoms with E-state index in [4.69, 9.17) is 5.73 Å². The quantitative estimate of drug-likeness (QED) is 0.910. The van der Waals surface area contributed by atoms with Gasteiger partial charge in [-0.25, -0.2) is 13.2 Å². The summed E-state index contributed by atoms with van der Waals surface area (Å²) in [6, 6.07) is 9.08. The fraction of sp³-hybridized carbons (Fsp3) is 0.133. The number of carbonyl (C=O) groups is 1. The van der Waals surface area contributed by atoms with Crippen molar-refractivity contribution in [2.24, 2.45) is 5.73 Å². The highest BCUT2D eigenvalue weighted by Gasteiger charge is 2.21. The Hall–Kier alpha value is -2.34. The lowest BCUT2D eigenvalue weighted by Gasteiger charge is -2.17. The number of amides is 1. The molecule has 0 aliphatic rings. The first-order valence-electron chi connectivity index (χ1n) is 6.23. The second-order valence-electron chi connectivity index (χ2n) is 4.42. The molecule has 21 heavy (non-hydrogen) atoms. The molecule has 0 spiro atoms. The molecule has 110 valence electrons. The largest absolute Gasteiger partial charge is 0.344 e. The summed E-state index contributed by atoms with van der Waals surface area (Å²) in [6.45, 7) is 0.0557. The molecule has 0 saturated heterocycles. The number of benzene rings is 2. The van der Waals surface area contributed by atoms with Crippen LogP contribution in [0, 0.1) is 17.5 Å². The summed E-state index contributed by atoms with van der Waals surface area (Å²) >= 11 is 0. The zero-order chi connectivity index (χ0) is 15.4. The maximum Gasteiger partial charge on any atom is 0.257 e. The summed E-state index contributed by atoms with van der Waals surface area (Å²) < 4.78 is 39.9. The number of rotatable bonds is 4. The van der Waals surface area contributed by atoms with Crippen molar-refractivity contribution in [1.29, 1.82) is 0 Å². The van der Waals surface area contributed by atoms with Crippen molar-refractivity contribution in [2.75, 3.05) is 6.54 Å². The smallest absolute Gasteiger partial charge is 0.257 e. The Morgan fingerprint density at radius 1 is 1.10 bits per heavy atom. The number of carbonyl (C=O) groups excluding carboxylic acids is 1. The minimum Gasteiger partial charge on any atom is -0.344 e. The predicted molar refractivity (Wildman–Crippen MR) is 72.0 cm³/mol. The van der Waals surface area contributed by atoms with E-state index in [1.807, 2.05) is 0 Å². The lowest BCUT2D eigenvalue weighted by molar-refractivity contribution is 0.0929. The molecule has 3 N–H and O–H groups in total. The SMILES string of the molecule is NCC(NC(=O)c1c(F)cc(F)cc1F)c1ccccc1. The molecule has 0 fully saturated rings. The second kappa shape index (κ2) is 6.41. The molecular weight excluding hydrogens is 281 g/mol. The van der Waals surface area contributed by atoms with Crippen LogP contribution >= 0.6 is 0 Å². The van der Waals surface area contributed by atoms with Crippen LogP contribution in [0.1, 0.15) is 22.0 Å². The van der Waals surface area contributed by atoms with Gasteiger partial charge in [0, 0.05) is 18.7 Å². The van der Waals surface area contributed by atoms with E-state index in [9.17, 15) is 18.0 Å². The maximum atomic E-state index is 13.5. The highest BCUT2D eigenvalue weighted by molar-refractivity contribution is 5.95. The summed E-state index contributed by atoms with van der Waals surface area (Å²) in [7, 11) is 0. The molecule has 3 nitrogen and oxygen atoms in total. The summed E-state index contributed by atoms with van der Waals surface area (Å²) in [4.78, 5) is 12.0. The normalized spacial score (nSPS) is 12.0. The van der Waals surface area contributed by atoms with Crippen LogP contribution in [0.2, 0.25) is 0 Å². The molecule has 0 bridgehead atoms. The van der Waals surface area contributed by atoms with Gasteiger partial charge in [-0.2, -0.15) is 0 Å². The number of halogens is 3. The van der Waals surface area contributed by atoms with Crippen LogP contribution in [-0.4, -0.2) is 12.5 Å². The van der Waals surface area contributed by atoms with Crippen molar-refractivity contribution >= 4 is 5.91 Å². The molecule has 1 unspecified atom stereocenters. The van der Waals surface area contributed by atoms with Crippen LogP contribution in [0.4, 0.5) is 13.2 Å². The second-order valence-corrected chi connectivity index (χ2v) is 4.42. The number of nitrogens with one attached hydrogen (secondary N) is 1. The average Bonchev–Trinajstić information content (AvgIpc) is 2.44. The van der Waals surface area contributed by atoms with Gasteiger partial charge >= 0.3 is 0 Å². The predicted octanol–water partition coefficient (Wildman–Crippen LogP) is 2.53. The zero-order valence-corrected chi connectivity index (χ0v) is 10.9. The number of nitrogens with two attached hydrogens (primary N) is 1. The van der Waals surface area contributed by atoms with Gasteiger partial charge in [0.2, 0.25) is 0 Å². The molecule has 0 aliphatic heterocycles. The molecule has 2 rings (SSSR count). The van der Waals surface area contributed by atoms with Gasteiger partial charge in [0.05, 0.1) is 6.04 Å². The van der Waals surface area contributed by atoms with E-state index in [1.54, 1.807) is 30.3 Å². The topological polar surface area (TPSA) is 55.1 Å². The molecule has 0 saturated carbocycles. The molecule has 1 atom stereocenters. The van der Waals surface area contributed by atoms with Crippen LogP contribution in [0.25, 0.3) is 0 Å². The van der Waals surface area contributed by atoms with Gasteiger partial charge in [-0.3, -0.25) is 4.79 Å². The minimum atomic E-state index is -1.26. The molecule has 2 aromatic rings. The summed E-state index contributed by atoms with van der Waals surface area (Å²) in [5, 5.41) is 2.43. The Balaban J connectivity index is 2.25. The van der Waals surface area contributed by atoms with E-state index in [0.717, 1.165) is 0 Å². The monoisotopic (exact) mass is 294 g/mol. The third-order valence-corrected chi connectivity index (χ3v) is 2.98. The zero-order valence-electron chi connectivity index (χ0n) is 10.9. The van der Waals surface area contributed by atoms with E-state index >= 15 is 0 Å². The van der Waals surface area contributed by atoms with Gasteiger partial charge < -0.3 is 11.1 Å². The Kier molecular flexibility index (Phi) is 4.59. The Morgan fingerprint density at radius 3 is 2.19 bits per heavy atom. The highest BCUT2D eigenvalue weighted by atomic mass is 19.1. The van der Waals surface area contributed by atoms with E-state index in [2.05, 4.69) is 5.32 Å². The fourth-order valence-electron chi connectivity index (χ4n) is 1.95. The molecule has 6 heteroatoms. The maximum absolute atomic E-state index is 13.5. The first kappa shape index (κ1) is 15.1. The van der Waals surface area contributed by atoms with E-state index in [-0.39, 0.29) is 6.54 Å². The average molecular weight is 294 g/mol. The van der Waals surface area contributed by atoms with E-state index in [0.29, 0.717) is 17.7 Å². The van der Waals surface area contributed by atoms with E-state index < -0.39 is 35.0 Å². The van der Waals surface area contributed by atoms with Crippen LogP contribution < -0.4 is 11.1 Å². The lowest BCUT2D eigenvalue weighted by Crippen LogP contribution is -2.34. The summed E-state index contributed by atoms with van der Waals surface area (Å²) in [5.41, 5.74) is 5.45. The number of hydrogen-bond acceptors (Lipinski definition) is 2. The van der Waals surface area contributed by atoms with Gasteiger partial charge in [0.1, 0.15) is 23.0 Å². The Bertz CT molecular complexity index is 624. The molecule has 0 heterocycles. The van der Waals surface area contributed by atoms with Gasteiger partial charge in [-0.05, 0) is 5.56 Å². The Morgan fingerprint density at radius 2 is 1.67 bits per heavy atom. The van der Waals surface area contributed by atoms with Gasteiger partial charge in [0.25, 0.3) is 5.91 Å². The van der Waals surface area contributed by atoms with Crippen LogP contribution in [0.5, 0.6) is 0 Å². The summed E-state index contributed by atoms with van der Waals surface area (Å²) in [6.07, 6.45) is 0. The van der Waals surface area contributed by atoms with Gasteiger partial charge in [-0.15, -0.1) is 0 Å². The number of hydrogen-bond donors (Lipinski definition) is 2. The molecule has 0 aliphatic carbocycles. The molecule has 1 amide bonds. The minimum absolute atomic E-state index is 0.0557. The molecule has 0 aromatic heterocycles. The van der Waals surface area contributed by atoms with Crippen LogP contribution in [-0.2, 0) is 0 Å². The molecule has 0 radical (unpaired) electrons. The van der Waals surface area contributed by atoms with Crippen molar-refractivity contribution in [3.05, 3.63) is 71.0 Å². The highest BCUT2D eigenvalue weighted by Crippen LogP contribution is 2.17. The Labute approximate surface area is 119 Å². The van der Waals surface area contributed by atoms with Crippen molar-refractivity contribution in [2.45, 2.75) is 6.04 Å². The fourth-order valence-corrected chi connectivity index (χ4v) is 1.95. The van der Waals surface area contributed by atoms with Crippen molar-refractivity contribution < 1.29 is 18.0 Å². The third kappa shape index (κ3) is 3.41.